The Kier molecular flexibility index (Phi) is 6.93. The molecule has 0 bridgehead atoms. The average molecular weight is 382 g/mol. The van der Waals surface area contributed by atoms with Gasteiger partial charge in [-0.25, -0.2) is 0 Å². The van der Waals surface area contributed by atoms with E-state index < -0.39 is 0 Å². The van der Waals surface area contributed by atoms with Crippen LogP contribution < -0.4 is 15.0 Å². The predicted molar refractivity (Wildman–Crippen MR) is 115 cm³/mol. The predicted octanol–water partition coefficient (Wildman–Crippen LogP) is 3.97. The molecule has 0 spiro atoms. The maximum absolute atomic E-state index is 12.4. The van der Waals surface area contributed by atoms with Crippen molar-refractivity contribution in [1.29, 1.82) is 0 Å². The zero-order valence-electron chi connectivity index (χ0n) is 17.1. The van der Waals surface area contributed by atoms with Crippen LogP contribution in [0.2, 0.25) is 0 Å². The number of ether oxygens (including phenoxy) is 1. The van der Waals surface area contributed by atoms with Gasteiger partial charge in [0.1, 0.15) is 5.75 Å². The fourth-order valence-corrected chi connectivity index (χ4v) is 3.49. The Morgan fingerprint density at radius 3 is 2.25 bits per heavy atom. The first-order valence-corrected chi connectivity index (χ1v) is 10.1. The van der Waals surface area contributed by atoms with Gasteiger partial charge in [-0.3, -0.25) is 9.69 Å². The van der Waals surface area contributed by atoms with Crippen LogP contribution in [-0.2, 0) is 4.79 Å². The van der Waals surface area contributed by atoms with Crippen molar-refractivity contribution >= 4 is 17.3 Å². The van der Waals surface area contributed by atoms with E-state index in [1.54, 1.807) is 7.11 Å². The fourth-order valence-electron chi connectivity index (χ4n) is 3.49. The maximum Gasteiger partial charge on any atom is 0.238 e. The molecule has 3 rings (SSSR count). The third-order valence-corrected chi connectivity index (χ3v) is 5.55. The summed E-state index contributed by atoms with van der Waals surface area (Å²) in [5, 5.41) is 3.02. The second-order valence-electron chi connectivity index (χ2n) is 7.44. The van der Waals surface area contributed by atoms with Crippen LogP contribution in [0.1, 0.15) is 31.7 Å². The summed E-state index contributed by atoms with van der Waals surface area (Å²) in [6, 6.07) is 16.4. The van der Waals surface area contributed by atoms with Gasteiger partial charge in [0, 0.05) is 37.6 Å². The summed E-state index contributed by atoms with van der Waals surface area (Å²) in [5.74, 6) is 1.47. The highest BCUT2D eigenvalue weighted by molar-refractivity contribution is 5.92. The summed E-state index contributed by atoms with van der Waals surface area (Å²) in [6.45, 7) is 8.45. The summed E-state index contributed by atoms with van der Waals surface area (Å²) in [7, 11) is 1.68. The van der Waals surface area contributed by atoms with Crippen molar-refractivity contribution < 1.29 is 9.53 Å². The number of hydrogen-bond acceptors (Lipinski definition) is 4. The summed E-state index contributed by atoms with van der Waals surface area (Å²) in [5.41, 5.74) is 3.38. The molecule has 2 aromatic rings. The molecule has 0 unspecified atom stereocenters. The van der Waals surface area contributed by atoms with E-state index in [4.69, 9.17) is 4.74 Å². The number of rotatable bonds is 7. The first-order chi connectivity index (χ1) is 13.6. The SMILES string of the molecule is CC[C@@H](C)c1ccc(NC(=O)CN2CCN(c3ccc(OC)cc3)CC2)cc1. The van der Waals surface area contributed by atoms with Crippen LogP contribution in [-0.4, -0.2) is 50.6 Å². The van der Waals surface area contributed by atoms with Crippen molar-refractivity contribution in [3.05, 3.63) is 54.1 Å². The van der Waals surface area contributed by atoms with Gasteiger partial charge in [0.15, 0.2) is 0 Å². The monoisotopic (exact) mass is 381 g/mol. The van der Waals surface area contributed by atoms with Crippen LogP contribution in [0.3, 0.4) is 0 Å². The minimum Gasteiger partial charge on any atom is -0.497 e. The molecule has 0 aromatic heterocycles. The topological polar surface area (TPSA) is 44.8 Å². The van der Waals surface area contributed by atoms with Crippen molar-refractivity contribution in [2.75, 3.05) is 50.1 Å². The molecule has 1 saturated heterocycles. The molecule has 1 amide bonds. The third kappa shape index (κ3) is 5.26. The summed E-state index contributed by atoms with van der Waals surface area (Å²) >= 11 is 0. The van der Waals surface area contributed by atoms with Crippen LogP contribution in [0.4, 0.5) is 11.4 Å². The van der Waals surface area contributed by atoms with Crippen LogP contribution >= 0.6 is 0 Å². The lowest BCUT2D eigenvalue weighted by Crippen LogP contribution is -2.48. The Hall–Kier alpha value is -2.53. The lowest BCUT2D eigenvalue weighted by Gasteiger charge is -2.35. The number of carbonyl (C=O) groups excluding carboxylic acids is 1. The quantitative estimate of drug-likeness (QED) is 0.788. The first-order valence-electron chi connectivity index (χ1n) is 10.1. The van der Waals surface area contributed by atoms with Gasteiger partial charge in [-0.15, -0.1) is 0 Å². The van der Waals surface area contributed by atoms with Gasteiger partial charge in [-0.2, -0.15) is 0 Å². The molecule has 5 nitrogen and oxygen atoms in total. The molecular formula is C23H31N3O2. The number of methoxy groups -OCH3 is 1. The first kappa shape index (κ1) is 20.2. The number of hydrogen-bond donors (Lipinski definition) is 1. The van der Waals surface area contributed by atoms with E-state index in [0.29, 0.717) is 12.5 Å². The van der Waals surface area contributed by atoms with Gasteiger partial charge < -0.3 is 15.0 Å². The molecule has 1 atom stereocenters. The van der Waals surface area contributed by atoms with Crippen LogP contribution in [0.15, 0.2) is 48.5 Å². The number of piperazine rings is 1. The van der Waals surface area contributed by atoms with E-state index in [1.807, 2.05) is 24.3 Å². The molecule has 0 radical (unpaired) electrons. The fraction of sp³-hybridized carbons (Fsp3) is 0.435. The molecule has 1 fully saturated rings. The molecule has 2 aromatic carbocycles. The molecular weight excluding hydrogens is 350 g/mol. The number of carbonyl (C=O) groups is 1. The van der Waals surface area contributed by atoms with E-state index in [0.717, 1.165) is 44.0 Å². The van der Waals surface area contributed by atoms with Crippen molar-refractivity contribution in [3.63, 3.8) is 0 Å². The summed E-state index contributed by atoms with van der Waals surface area (Å²) in [6.07, 6.45) is 1.12. The minimum atomic E-state index is 0.0502. The zero-order chi connectivity index (χ0) is 19.9. The molecule has 28 heavy (non-hydrogen) atoms. The van der Waals surface area contributed by atoms with Crippen LogP contribution in [0.25, 0.3) is 0 Å². The molecule has 1 heterocycles. The number of nitrogens with zero attached hydrogens (tertiary/aromatic N) is 2. The maximum atomic E-state index is 12.4. The number of amides is 1. The highest BCUT2D eigenvalue weighted by atomic mass is 16.5. The average Bonchev–Trinajstić information content (AvgIpc) is 2.74. The molecule has 1 N–H and O–H groups in total. The second-order valence-corrected chi connectivity index (χ2v) is 7.44. The lowest BCUT2D eigenvalue weighted by molar-refractivity contribution is -0.117. The minimum absolute atomic E-state index is 0.0502. The number of nitrogens with one attached hydrogen (secondary N) is 1. The Morgan fingerprint density at radius 1 is 1.04 bits per heavy atom. The van der Waals surface area contributed by atoms with Crippen molar-refractivity contribution in [2.24, 2.45) is 0 Å². The van der Waals surface area contributed by atoms with E-state index >= 15 is 0 Å². The standard InChI is InChI=1S/C23H31N3O2/c1-4-18(2)19-5-7-20(8-6-19)24-23(27)17-25-13-15-26(16-14-25)21-9-11-22(28-3)12-10-21/h5-12,18H,4,13-17H2,1-3H3,(H,24,27)/t18-/m1/s1. The van der Waals surface area contributed by atoms with Crippen molar-refractivity contribution in [2.45, 2.75) is 26.2 Å². The molecule has 0 aliphatic carbocycles. The van der Waals surface area contributed by atoms with Crippen LogP contribution in [0.5, 0.6) is 5.75 Å². The molecule has 1 aliphatic heterocycles. The molecule has 150 valence electrons. The highest BCUT2D eigenvalue weighted by Crippen LogP contribution is 2.21. The Bertz CT molecular complexity index is 750. The summed E-state index contributed by atoms with van der Waals surface area (Å²) < 4.78 is 5.22. The highest BCUT2D eigenvalue weighted by Gasteiger charge is 2.19. The van der Waals surface area contributed by atoms with E-state index in [1.165, 1.54) is 11.3 Å². The van der Waals surface area contributed by atoms with Crippen molar-refractivity contribution in [1.82, 2.24) is 4.90 Å². The van der Waals surface area contributed by atoms with Gasteiger partial charge in [-0.1, -0.05) is 26.0 Å². The van der Waals surface area contributed by atoms with Gasteiger partial charge in [0.05, 0.1) is 13.7 Å². The van der Waals surface area contributed by atoms with Gasteiger partial charge in [-0.05, 0) is 54.3 Å². The van der Waals surface area contributed by atoms with E-state index in [9.17, 15) is 4.79 Å². The molecule has 0 saturated carbocycles. The molecule has 5 heteroatoms. The number of anilines is 2. The second kappa shape index (κ2) is 9.60. The smallest absolute Gasteiger partial charge is 0.238 e. The Balaban J connectivity index is 1.45. The van der Waals surface area contributed by atoms with Gasteiger partial charge in [0.25, 0.3) is 0 Å². The van der Waals surface area contributed by atoms with E-state index in [-0.39, 0.29) is 5.91 Å². The van der Waals surface area contributed by atoms with Crippen molar-refractivity contribution in [3.8, 4) is 5.75 Å². The Morgan fingerprint density at radius 2 is 1.68 bits per heavy atom. The largest absolute Gasteiger partial charge is 0.497 e. The van der Waals surface area contributed by atoms with Gasteiger partial charge in [0.2, 0.25) is 5.91 Å². The number of benzene rings is 2. The zero-order valence-corrected chi connectivity index (χ0v) is 17.1. The van der Waals surface area contributed by atoms with Gasteiger partial charge >= 0.3 is 0 Å². The summed E-state index contributed by atoms with van der Waals surface area (Å²) in [4.78, 5) is 17.0. The van der Waals surface area contributed by atoms with Crippen LogP contribution in [0, 0.1) is 0 Å². The van der Waals surface area contributed by atoms with E-state index in [2.05, 4.69) is 53.2 Å². The molecule has 1 aliphatic rings. The third-order valence-electron chi connectivity index (χ3n) is 5.55. The lowest BCUT2D eigenvalue weighted by atomic mass is 9.99. The Labute approximate surface area is 168 Å². The normalized spacial score (nSPS) is 15.9.